The Hall–Kier alpha value is -1.94. The highest BCUT2D eigenvalue weighted by atomic mass is 35.5. The van der Waals surface area contributed by atoms with Crippen LogP contribution in [0, 0.1) is 0 Å². The highest BCUT2D eigenvalue weighted by Crippen LogP contribution is 2.28. The van der Waals surface area contributed by atoms with Gasteiger partial charge in [0, 0.05) is 24.9 Å². The van der Waals surface area contributed by atoms with Crippen LogP contribution in [0.25, 0.3) is 0 Å². The van der Waals surface area contributed by atoms with Gasteiger partial charge in [0.1, 0.15) is 4.90 Å². The average molecular weight is 471 g/mol. The van der Waals surface area contributed by atoms with Crippen LogP contribution in [0.4, 0.5) is 0 Å². The van der Waals surface area contributed by atoms with E-state index in [1.54, 1.807) is 19.1 Å². The van der Waals surface area contributed by atoms with Gasteiger partial charge in [0.15, 0.2) is 9.84 Å². The topological polar surface area (TPSA) is 101 Å². The van der Waals surface area contributed by atoms with Crippen molar-refractivity contribution in [3.63, 3.8) is 0 Å². The number of nitrogens with zero attached hydrogens (tertiary/aromatic N) is 1. The lowest BCUT2D eigenvalue weighted by Crippen LogP contribution is -2.29. The van der Waals surface area contributed by atoms with E-state index in [1.807, 2.05) is 0 Å². The van der Waals surface area contributed by atoms with E-state index in [4.69, 9.17) is 11.6 Å². The molecular formula is C20H23ClN2O5S2. The Balaban J connectivity index is 1.80. The number of nitrogens with one attached hydrogen (secondary N) is 1. The molecule has 0 spiro atoms. The quantitative estimate of drug-likeness (QED) is 0.699. The van der Waals surface area contributed by atoms with Crippen molar-refractivity contribution in [2.75, 3.05) is 19.3 Å². The molecule has 1 aliphatic rings. The van der Waals surface area contributed by atoms with E-state index >= 15 is 0 Å². The Labute approximate surface area is 182 Å². The monoisotopic (exact) mass is 470 g/mol. The van der Waals surface area contributed by atoms with Gasteiger partial charge >= 0.3 is 0 Å². The summed E-state index contributed by atoms with van der Waals surface area (Å²) in [4.78, 5) is 12.8. The Kier molecular flexibility index (Phi) is 6.57. The van der Waals surface area contributed by atoms with Crippen LogP contribution in [-0.2, 0) is 19.9 Å². The number of benzene rings is 2. The molecule has 7 nitrogen and oxygen atoms in total. The predicted molar refractivity (Wildman–Crippen MR) is 115 cm³/mol. The Morgan fingerprint density at radius 3 is 2.20 bits per heavy atom. The third-order valence-electron chi connectivity index (χ3n) is 5.03. The molecule has 0 aromatic heterocycles. The van der Waals surface area contributed by atoms with Crippen molar-refractivity contribution in [3.8, 4) is 0 Å². The largest absolute Gasteiger partial charge is 0.346 e. The van der Waals surface area contributed by atoms with Gasteiger partial charge < -0.3 is 5.32 Å². The van der Waals surface area contributed by atoms with Crippen LogP contribution in [-0.4, -0.2) is 46.4 Å². The van der Waals surface area contributed by atoms with Gasteiger partial charge in [-0.1, -0.05) is 23.7 Å². The molecule has 1 unspecified atom stereocenters. The number of sulfone groups is 1. The number of sulfonamides is 1. The van der Waals surface area contributed by atoms with E-state index in [9.17, 15) is 21.6 Å². The number of rotatable bonds is 6. The second kappa shape index (κ2) is 8.66. The summed E-state index contributed by atoms with van der Waals surface area (Å²) in [6.45, 7) is 2.64. The van der Waals surface area contributed by atoms with Gasteiger partial charge in [0.25, 0.3) is 5.91 Å². The van der Waals surface area contributed by atoms with Gasteiger partial charge in [-0.2, -0.15) is 4.31 Å². The zero-order valence-electron chi connectivity index (χ0n) is 16.6. The SMILES string of the molecule is CC(NC(=O)c1ccc(Cl)c(S(=O)(=O)N2CCCC2)c1)c1ccc(S(C)(=O)=O)cc1. The fourth-order valence-electron chi connectivity index (χ4n) is 3.28. The summed E-state index contributed by atoms with van der Waals surface area (Å²) < 4.78 is 50.2. The second-order valence-corrected chi connectivity index (χ2v) is 11.6. The van der Waals surface area contributed by atoms with Gasteiger partial charge in [-0.3, -0.25) is 4.79 Å². The van der Waals surface area contributed by atoms with Crippen LogP contribution >= 0.6 is 11.6 Å². The average Bonchev–Trinajstić information content (AvgIpc) is 3.23. The molecule has 1 aliphatic heterocycles. The Morgan fingerprint density at radius 2 is 1.63 bits per heavy atom. The molecule has 0 bridgehead atoms. The molecule has 2 aromatic rings. The smallest absolute Gasteiger partial charge is 0.251 e. The number of carbonyl (C=O) groups is 1. The van der Waals surface area contributed by atoms with E-state index in [1.165, 1.54) is 34.6 Å². The highest BCUT2D eigenvalue weighted by molar-refractivity contribution is 7.90. The van der Waals surface area contributed by atoms with E-state index in [2.05, 4.69) is 5.32 Å². The van der Waals surface area contributed by atoms with Crippen molar-refractivity contribution in [3.05, 3.63) is 58.6 Å². The van der Waals surface area contributed by atoms with Gasteiger partial charge in [-0.25, -0.2) is 16.8 Å². The van der Waals surface area contributed by atoms with E-state index < -0.39 is 31.8 Å². The first-order chi connectivity index (χ1) is 14.0. The van der Waals surface area contributed by atoms with Gasteiger partial charge in [0.2, 0.25) is 10.0 Å². The summed E-state index contributed by atoms with van der Waals surface area (Å²) >= 11 is 6.13. The van der Waals surface area contributed by atoms with Gasteiger partial charge in [-0.15, -0.1) is 0 Å². The lowest BCUT2D eigenvalue weighted by molar-refractivity contribution is 0.0939. The van der Waals surface area contributed by atoms with Crippen molar-refractivity contribution < 1.29 is 21.6 Å². The molecule has 1 fully saturated rings. The summed E-state index contributed by atoms with van der Waals surface area (Å²) in [7, 11) is -7.06. The van der Waals surface area contributed by atoms with Crippen LogP contribution in [0.3, 0.4) is 0 Å². The van der Waals surface area contributed by atoms with Crippen LogP contribution in [0.2, 0.25) is 5.02 Å². The molecule has 162 valence electrons. The molecule has 1 atom stereocenters. The summed E-state index contributed by atoms with van der Waals surface area (Å²) in [5, 5.41) is 2.87. The van der Waals surface area contributed by atoms with E-state index in [-0.39, 0.29) is 20.4 Å². The third-order valence-corrected chi connectivity index (χ3v) is 8.54. The molecule has 30 heavy (non-hydrogen) atoms. The van der Waals surface area contributed by atoms with Crippen molar-refractivity contribution >= 4 is 37.4 Å². The molecule has 2 aromatic carbocycles. The first kappa shape index (κ1) is 22.7. The molecule has 1 N–H and O–H groups in total. The normalized spacial score (nSPS) is 16.4. The van der Waals surface area contributed by atoms with Crippen LogP contribution in [0.15, 0.2) is 52.3 Å². The van der Waals surface area contributed by atoms with Crippen LogP contribution in [0.1, 0.15) is 41.7 Å². The number of halogens is 1. The van der Waals surface area contributed by atoms with Crippen molar-refractivity contribution in [2.45, 2.75) is 35.6 Å². The second-order valence-electron chi connectivity index (χ2n) is 7.29. The fourth-order valence-corrected chi connectivity index (χ4v) is 5.92. The van der Waals surface area contributed by atoms with E-state index in [0.717, 1.165) is 24.7 Å². The minimum atomic E-state index is -3.76. The van der Waals surface area contributed by atoms with Crippen molar-refractivity contribution in [1.82, 2.24) is 9.62 Å². The predicted octanol–water partition coefficient (Wildman–Crippen LogP) is 3.02. The Bertz CT molecular complexity index is 1160. The number of amides is 1. The van der Waals surface area contributed by atoms with Crippen LogP contribution < -0.4 is 5.32 Å². The maximum atomic E-state index is 12.8. The lowest BCUT2D eigenvalue weighted by Gasteiger charge is -2.18. The summed E-state index contributed by atoms with van der Waals surface area (Å²) in [6, 6.07) is 9.99. The van der Waals surface area contributed by atoms with Gasteiger partial charge in [-0.05, 0) is 55.7 Å². The first-order valence-electron chi connectivity index (χ1n) is 9.41. The highest BCUT2D eigenvalue weighted by Gasteiger charge is 2.30. The molecule has 0 radical (unpaired) electrons. The molecule has 3 rings (SSSR count). The molecular weight excluding hydrogens is 448 g/mol. The molecule has 0 aliphatic carbocycles. The van der Waals surface area contributed by atoms with Gasteiger partial charge in [0.05, 0.1) is 16.0 Å². The molecule has 1 heterocycles. The minimum absolute atomic E-state index is 0.0721. The number of hydrogen-bond acceptors (Lipinski definition) is 5. The maximum Gasteiger partial charge on any atom is 0.251 e. The zero-order chi connectivity index (χ0) is 22.1. The Morgan fingerprint density at radius 1 is 1.03 bits per heavy atom. The molecule has 1 saturated heterocycles. The summed E-state index contributed by atoms with van der Waals surface area (Å²) in [6.07, 6.45) is 2.72. The summed E-state index contributed by atoms with van der Waals surface area (Å²) in [5.41, 5.74) is 0.895. The summed E-state index contributed by atoms with van der Waals surface area (Å²) in [5.74, 6) is -0.454. The van der Waals surface area contributed by atoms with Crippen molar-refractivity contribution in [1.29, 1.82) is 0 Å². The van der Waals surface area contributed by atoms with E-state index in [0.29, 0.717) is 13.1 Å². The first-order valence-corrected chi connectivity index (χ1v) is 13.1. The molecule has 1 amide bonds. The molecule has 0 saturated carbocycles. The standard InChI is InChI=1S/C20H23ClN2O5S2/c1-14(15-5-8-17(9-6-15)29(2,25)26)22-20(24)16-7-10-18(21)19(13-16)30(27,28)23-11-3-4-12-23/h5-10,13-14H,3-4,11-12H2,1-2H3,(H,22,24). The maximum absolute atomic E-state index is 12.8. The number of carbonyl (C=O) groups excluding carboxylic acids is 1. The third kappa shape index (κ3) is 4.85. The fraction of sp³-hybridized carbons (Fsp3) is 0.350. The van der Waals surface area contributed by atoms with Crippen molar-refractivity contribution in [2.24, 2.45) is 0 Å². The lowest BCUT2D eigenvalue weighted by atomic mass is 10.1. The number of hydrogen-bond donors (Lipinski definition) is 1. The minimum Gasteiger partial charge on any atom is -0.346 e. The van der Waals surface area contributed by atoms with Crippen LogP contribution in [0.5, 0.6) is 0 Å². The molecule has 10 heteroatoms. The zero-order valence-corrected chi connectivity index (χ0v) is 19.0.